The van der Waals surface area contributed by atoms with Crippen molar-refractivity contribution in [3.63, 3.8) is 0 Å². The molecule has 1 aromatic carbocycles. The number of benzene rings is 1. The third-order valence-electron chi connectivity index (χ3n) is 6.44. The van der Waals surface area contributed by atoms with Crippen LogP contribution < -0.4 is 10.3 Å². The van der Waals surface area contributed by atoms with E-state index < -0.39 is 0 Å². The monoisotopic (exact) mass is 501 g/mol. The second kappa shape index (κ2) is 9.76. The number of carbonyl (C=O) groups excluding carboxylic acids is 1. The van der Waals surface area contributed by atoms with E-state index in [1.165, 1.54) is 24.6 Å². The molecule has 3 heterocycles. The summed E-state index contributed by atoms with van der Waals surface area (Å²) in [7, 11) is 0. The van der Waals surface area contributed by atoms with Gasteiger partial charge in [-0.1, -0.05) is 11.6 Å². The van der Waals surface area contributed by atoms with Gasteiger partial charge in [0.1, 0.15) is 18.0 Å². The Hall–Kier alpha value is -2.29. The molecule has 1 saturated heterocycles. The molecule has 5 rings (SSSR count). The number of esters is 1. The van der Waals surface area contributed by atoms with Gasteiger partial charge in [0, 0.05) is 24.4 Å². The fraction of sp³-hybridized carbons (Fsp3) is 0.480. The van der Waals surface area contributed by atoms with E-state index in [0.29, 0.717) is 38.8 Å². The molecule has 0 spiro atoms. The second-order valence-corrected chi connectivity index (χ2v) is 10.2. The molecule has 1 aliphatic heterocycles. The molecule has 0 unspecified atom stereocenters. The molecule has 34 heavy (non-hydrogen) atoms. The molecule has 3 aromatic rings. The second-order valence-electron chi connectivity index (χ2n) is 8.99. The van der Waals surface area contributed by atoms with Crippen molar-refractivity contribution < 1.29 is 14.3 Å². The van der Waals surface area contributed by atoms with E-state index in [1.807, 2.05) is 18.4 Å². The minimum absolute atomic E-state index is 0.0510. The number of carbonyl (C=O) groups is 1. The third kappa shape index (κ3) is 4.51. The number of aromatic nitrogens is 2. The SMILES string of the molecule is CCOC(=O)Cn1c2nc(N(CC3CC3)CC3COC3)ccc2c(=O)c2ccc(Cl)c(SC)c21. The lowest BCUT2D eigenvalue weighted by Gasteiger charge is -2.33. The van der Waals surface area contributed by atoms with Crippen LogP contribution in [-0.4, -0.2) is 54.7 Å². The summed E-state index contributed by atoms with van der Waals surface area (Å²) in [6.07, 6.45) is 4.38. The molecule has 0 bridgehead atoms. The Morgan fingerprint density at radius 3 is 2.59 bits per heavy atom. The van der Waals surface area contributed by atoms with Gasteiger partial charge in [-0.15, -0.1) is 11.8 Å². The Morgan fingerprint density at radius 2 is 1.94 bits per heavy atom. The summed E-state index contributed by atoms with van der Waals surface area (Å²) in [6, 6.07) is 7.23. The first kappa shape index (κ1) is 23.5. The van der Waals surface area contributed by atoms with Gasteiger partial charge in [-0.2, -0.15) is 0 Å². The minimum atomic E-state index is -0.380. The van der Waals surface area contributed by atoms with Gasteiger partial charge in [0.05, 0.1) is 40.6 Å². The van der Waals surface area contributed by atoms with Crippen LogP contribution in [0.2, 0.25) is 5.02 Å². The highest BCUT2D eigenvalue weighted by Crippen LogP contribution is 2.35. The third-order valence-corrected chi connectivity index (χ3v) is 7.69. The molecule has 0 atom stereocenters. The lowest BCUT2D eigenvalue weighted by atomic mass is 10.1. The number of halogens is 1. The van der Waals surface area contributed by atoms with Crippen LogP contribution in [0.25, 0.3) is 21.9 Å². The maximum Gasteiger partial charge on any atom is 0.326 e. The standard InChI is InChI=1S/C25H28ClN3O4S/c1-3-33-21(30)12-29-22-17(6-8-19(26)24(22)34-2)23(31)18-7-9-20(27-25(18)29)28(10-15-4-5-15)11-16-13-32-14-16/h6-9,15-16H,3-5,10-14H2,1-2H3. The van der Waals surface area contributed by atoms with Gasteiger partial charge in [-0.25, -0.2) is 4.98 Å². The van der Waals surface area contributed by atoms with Crippen LogP contribution in [0.4, 0.5) is 5.82 Å². The normalized spacial score (nSPS) is 16.1. The minimum Gasteiger partial charge on any atom is -0.465 e. The van der Waals surface area contributed by atoms with Crippen molar-refractivity contribution in [3.8, 4) is 0 Å². The number of rotatable bonds is 9. The number of hydrogen-bond acceptors (Lipinski definition) is 7. The zero-order valence-electron chi connectivity index (χ0n) is 19.4. The van der Waals surface area contributed by atoms with E-state index in [0.717, 1.165) is 37.0 Å². The molecule has 2 aromatic heterocycles. The highest BCUT2D eigenvalue weighted by atomic mass is 35.5. The first-order chi connectivity index (χ1) is 16.5. The molecule has 0 radical (unpaired) electrons. The summed E-state index contributed by atoms with van der Waals surface area (Å²) < 4.78 is 12.5. The zero-order valence-corrected chi connectivity index (χ0v) is 21.0. The van der Waals surface area contributed by atoms with E-state index in [4.69, 9.17) is 26.1 Å². The van der Waals surface area contributed by atoms with Crippen LogP contribution in [0.1, 0.15) is 19.8 Å². The summed E-state index contributed by atoms with van der Waals surface area (Å²) in [5.41, 5.74) is 0.986. The van der Waals surface area contributed by atoms with Crippen LogP contribution in [0.5, 0.6) is 0 Å². The lowest BCUT2D eigenvalue weighted by molar-refractivity contribution is -0.143. The van der Waals surface area contributed by atoms with Gasteiger partial charge in [-0.05, 0) is 56.2 Å². The van der Waals surface area contributed by atoms with E-state index in [9.17, 15) is 9.59 Å². The maximum absolute atomic E-state index is 13.5. The van der Waals surface area contributed by atoms with Gasteiger partial charge in [-0.3, -0.25) is 9.59 Å². The molecule has 1 aliphatic carbocycles. The number of pyridine rings is 2. The van der Waals surface area contributed by atoms with Crippen molar-refractivity contribution in [2.24, 2.45) is 11.8 Å². The Labute approximate surface area is 207 Å². The van der Waals surface area contributed by atoms with Gasteiger partial charge in [0.2, 0.25) is 0 Å². The van der Waals surface area contributed by atoms with Crippen molar-refractivity contribution in [1.29, 1.82) is 0 Å². The molecule has 2 fully saturated rings. The molecule has 1 saturated carbocycles. The van der Waals surface area contributed by atoms with E-state index >= 15 is 0 Å². The zero-order chi connectivity index (χ0) is 23.8. The fourth-order valence-electron chi connectivity index (χ4n) is 4.51. The van der Waals surface area contributed by atoms with E-state index in [-0.39, 0.29) is 24.5 Å². The number of anilines is 1. The van der Waals surface area contributed by atoms with Crippen molar-refractivity contribution in [1.82, 2.24) is 9.55 Å². The number of ether oxygens (including phenoxy) is 2. The topological polar surface area (TPSA) is 73.7 Å². The first-order valence-electron chi connectivity index (χ1n) is 11.7. The molecule has 2 aliphatic rings. The number of hydrogen-bond donors (Lipinski definition) is 0. The molecule has 180 valence electrons. The highest BCUT2D eigenvalue weighted by Gasteiger charge is 2.29. The summed E-state index contributed by atoms with van der Waals surface area (Å²) in [6.45, 7) is 5.34. The molecule has 7 nitrogen and oxygen atoms in total. The molecule has 0 amide bonds. The van der Waals surface area contributed by atoms with E-state index in [1.54, 1.807) is 23.6 Å². The lowest BCUT2D eigenvalue weighted by Crippen LogP contribution is -2.41. The summed E-state index contributed by atoms with van der Waals surface area (Å²) in [5.74, 6) is 1.60. The predicted molar refractivity (Wildman–Crippen MR) is 136 cm³/mol. The number of fused-ring (bicyclic) bond motifs is 2. The fourth-order valence-corrected chi connectivity index (χ4v) is 5.57. The maximum atomic E-state index is 13.5. The largest absolute Gasteiger partial charge is 0.465 e. The van der Waals surface area contributed by atoms with Crippen LogP contribution in [0.3, 0.4) is 0 Å². The molecular weight excluding hydrogens is 474 g/mol. The predicted octanol–water partition coefficient (Wildman–Crippen LogP) is 4.35. The van der Waals surface area contributed by atoms with Crippen molar-refractivity contribution in [2.45, 2.75) is 31.2 Å². The molecular formula is C25H28ClN3O4S. The first-order valence-corrected chi connectivity index (χ1v) is 13.3. The Kier molecular flexibility index (Phi) is 6.73. The number of thioether (sulfide) groups is 1. The molecule has 9 heteroatoms. The average Bonchev–Trinajstić information content (AvgIpc) is 3.62. The van der Waals surface area contributed by atoms with Crippen LogP contribution in [-0.2, 0) is 20.8 Å². The Bertz CT molecular complexity index is 1300. The van der Waals surface area contributed by atoms with Crippen LogP contribution >= 0.6 is 23.4 Å². The van der Waals surface area contributed by atoms with Gasteiger partial charge < -0.3 is 18.9 Å². The van der Waals surface area contributed by atoms with Gasteiger partial charge >= 0.3 is 5.97 Å². The quantitative estimate of drug-likeness (QED) is 0.245. The van der Waals surface area contributed by atoms with Crippen molar-refractivity contribution in [3.05, 3.63) is 39.5 Å². The summed E-state index contributed by atoms with van der Waals surface area (Å²) >= 11 is 7.96. The smallest absolute Gasteiger partial charge is 0.326 e. The highest BCUT2D eigenvalue weighted by molar-refractivity contribution is 7.99. The molecule has 0 N–H and O–H groups in total. The Morgan fingerprint density at radius 1 is 1.21 bits per heavy atom. The average molecular weight is 502 g/mol. The van der Waals surface area contributed by atoms with Crippen LogP contribution in [0.15, 0.2) is 34.0 Å². The number of nitrogens with zero attached hydrogens (tertiary/aromatic N) is 3. The van der Waals surface area contributed by atoms with Gasteiger partial charge in [0.15, 0.2) is 5.43 Å². The van der Waals surface area contributed by atoms with Crippen molar-refractivity contribution >= 4 is 57.1 Å². The van der Waals surface area contributed by atoms with Crippen molar-refractivity contribution in [2.75, 3.05) is 44.1 Å². The summed E-state index contributed by atoms with van der Waals surface area (Å²) in [5, 5.41) is 1.53. The Balaban J connectivity index is 1.71. The van der Waals surface area contributed by atoms with E-state index in [2.05, 4.69) is 4.90 Å². The van der Waals surface area contributed by atoms with Gasteiger partial charge in [0.25, 0.3) is 0 Å². The summed E-state index contributed by atoms with van der Waals surface area (Å²) in [4.78, 5) is 34.1. The van der Waals surface area contributed by atoms with Crippen LogP contribution in [0, 0.1) is 11.8 Å².